The van der Waals surface area contributed by atoms with E-state index in [4.69, 9.17) is 44.8 Å². The van der Waals surface area contributed by atoms with Crippen LogP contribution < -0.4 is 0 Å². The van der Waals surface area contributed by atoms with Crippen LogP contribution in [0.5, 0.6) is 0 Å². The van der Waals surface area contributed by atoms with Gasteiger partial charge in [0.15, 0.2) is 17.3 Å². The van der Waals surface area contributed by atoms with E-state index in [0.717, 1.165) is 35.2 Å². The lowest BCUT2D eigenvalue weighted by molar-refractivity contribution is -0.146. The fourth-order valence-electron chi connectivity index (χ4n) is 9.00. The molecule has 3 N–H and O–H groups in total. The molecule has 0 aliphatic heterocycles. The number of esters is 6. The van der Waals surface area contributed by atoms with Gasteiger partial charge in [-0.25, -0.2) is 38.9 Å². The number of halogens is 1. The SMILES string of the molecule is C#CC(=C)C(O)CC(C)(C)C.C=C(C#N)C(O)C(C)(C)C.C=C(C(=O)OCC)C(O)C(C)(C)C.C=C(COC(C)C)C(=O)OCC.C=CC(=O)OC(C=C)C(C)(C)C.C=CC(=O)OCC(C)(C)C.C=Cc1nccn1CC(C)(C)C.CC(=O)OCC(=O)CC(C)(C)C.CC(C)(C)c1cnc(F)nc1.CC(C)=CC(=O)CC(C)(C)C.CC(C)=CC(=O)CC(C)(C)C.CCOC(=O)/C=C/COC(C)(C)C. The zero-order valence-corrected chi connectivity index (χ0v) is 93.9. The van der Waals surface area contributed by atoms with Crippen LogP contribution in [0.15, 0.2) is 153 Å². The van der Waals surface area contributed by atoms with Gasteiger partial charge in [0.25, 0.3) is 0 Å². The number of nitrogens with zero attached hydrogens (tertiary/aromatic N) is 5. The number of allylic oxidation sites excluding steroid dienone is 4. The number of imidazole rings is 1. The molecule has 0 aromatic carbocycles. The Bertz CT molecular complexity index is 4090. The highest BCUT2D eigenvalue weighted by atomic mass is 19.1. The lowest BCUT2D eigenvalue weighted by Gasteiger charge is -2.26. The molecule has 0 spiro atoms. The number of hydrogen-bond acceptors (Lipinski definition) is 24. The van der Waals surface area contributed by atoms with Gasteiger partial charge in [0.05, 0.1) is 92.4 Å². The third-order valence-electron chi connectivity index (χ3n) is 15.5. The summed E-state index contributed by atoms with van der Waals surface area (Å²) in [5, 5.41) is 36.8. The molecular weight excluding hydrogens is 1750 g/mol. The van der Waals surface area contributed by atoms with E-state index in [0.29, 0.717) is 75.3 Å². The van der Waals surface area contributed by atoms with E-state index in [1.54, 1.807) is 51.2 Å². The van der Waals surface area contributed by atoms with Gasteiger partial charge in [-0.05, 0) is 162 Å². The van der Waals surface area contributed by atoms with E-state index in [1.165, 1.54) is 31.5 Å². The summed E-state index contributed by atoms with van der Waals surface area (Å²) < 4.78 is 53.4. The molecule has 138 heavy (non-hydrogen) atoms. The molecule has 0 radical (unpaired) electrons. The van der Waals surface area contributed by atoms with E-state index in [-0.39, 0.29) is 126 Å². The summed E-state index contributed by atoms with van der Waals surface area (Å²) in [6.45, 7) is 115. The molecule has 0 aliphatic carbocycles. The first-order valence-electron chi connectivity index (χ1n) is 46.4. The molecule has 790 valence electrons. The largest absolute Gasteiger partial charge is 0.463 e. The molecule has 2 rings (SSSR count). The van der Waals surface area contributed by atoms with Gasteiger partial charge in [-0.15, -0.1) is 6.42 Å². The van der Waals surface area contributed by atoms with Crippen LogP contribution in [0.3, 0.4) is 0 Å². The van der Waals surface area contributed by atoms with Crippen LogP contribution in [0.4, 0.5) is 4.39 Å². The highest BCUT2D eigenvalue weighted by Crippen LogP contribution is 2.29. The summed E-state index contributed by atoms with van der Waals surface area (Å²) >= 11 is 0. The summed E-state index contributed by atoms with van der Waals surface area (Å²) in [5.74, 6) is 1.35. The number of carbonyl (C=O) groups excluding carboxylic acids is 9. The van der Waals surface area contributed by atoms with Crippen molar-refractivity contribution in [1.29, 1.82) is 5.26 Å². The van der Waals surface area contributed by atoms with E-state index in [9.17, 15) is 62.9 Å². The first kappa shape index (κ1) is 148. The zero-order valence-electron chi connectivity index (χ0n) is 93.9. The average molecular weight is 1950 g/mol. The number of hydrogen-bond donors (Lipinski definition) is 3. The van der Waals surface area contributed by atoms with Crippen molar-refractivity contribution in [3.63, 3.8) is 0 Å². The Morgan fingerprint density at radius 3 is 1.26 bits per heavy atom. The van der Waals surface area contributed by atoms with Crippen LogP contribution in [0, 0.1) is 78.5 Å². The summed E-state index contributed by atoms with van der Waals surface area (Å²) in [4.78, 5) is 109. The molecule has 2 aromatic rings. The van der Waals surface area contributed by atoms with Crippen molar-refractivity contribution in [2.45, 2.75) is 371 Å². The lowest BCUT2D eigenvalue weighted by atomic mass is 9.85. The molecule has 4 atom stereocenters. The van der Waals surface area contributed by atoms with Crippen molar-refractivity contribution in [3.8, 4) is 18.4 Å². The van der Waals surface area contributed by atoms with Gasteiger partial charge in [0.2, 0.25) is 0 Å². The molecule has 2 heterocycles. The van der Waals surface area contributed by atoms with Crippen molar-refractivity contribution >= 4 is 59.2 Å². The maximum Gasteiger partial charge on any atom is 0.336 e. The number of aromatic nitrogens is 4. The third kappa shape index (κ3) is 106. The normalized spacial score (nSPS) is 12.0. The fourth-order valence-corrected chi connectivity index (χ4v) is 9.00. The number of aliphatic hydroxyl groups is 3. The minimum atomic E-state index is -0.855. The first-order chi connectivity index (χ1) is 61.9. The van der Waals surface area contributed by atoms with Crippen molar-refractivity contribution < 1.29 is 101 Å². The van der Waals surface area contributed by atoms with E-state index in [2.05, 4.69) is 166 Å². The molecule has 4 unspecified atom stereocenters. The number of ether oxygens (including phenoxy) is 8. The van der Waals surface area contributed by atoms with Crippen LogP contribution in [-0.2, 0) is 93.0 Å². The molecule has 26 heteroatoms. The second-order valence-electron chi connectivity index (χ2n) is 45.2. The number of terminal acetylenes is 1. The topological polar surface area (TPSA) is 356 Å². The molecule has 0 saturated carbocycles. The number of nitriles is 1. The Morgan fingerprint density at radius 1 is 0.529 bits per heavy atom. The smallest absolute Gasteiger partial charge is 0.336 e. The second-order valence-corrected chi connectivity index (χ2v) is 45.2. The Labute approximate surface area is 836 Å². The number of ketones is 3. The lowest BCUT2D eigenvalue weighted by Crippen LogP contribution is -2.31. The Hall–Kier alpha value is -9.96. The van der Waals surface area contributed by atoms with Crippen molar-refractivity contribution in [2.75, 3.05) is 46.2 Å². The van der Waals surface area contributed by atoms with Crippen molar-refractivity contribution in [1.82, 2.24) is 19.5 Å². The Kier molecular flexibility index (Phi) is 79.6. The molecular formula is C112H190FN5O20. The van der Waals surface area contributed by atoms with E-state index < -0.39 is 42.3 Å². The minimum absolute atomic E-state index is 0.00625. The summed E-state index contributed by atoms with van der Waals surface area (Å²) in [7, 11) is 0. The van der Waals surface area contributed by atoms with Gasteiger partial charge >= 0.3 is 41.9 Å². The number of carbonyl (C=O) groups is 9. The monoisotopic (exact) mass is 1940 g/mol. The Morgan fingerprint density at radius 2 is 0.957 bits per heavy atom. The van der Waals surface area contributed by atoms with Crippen LogP contribution >= 0.6 is 0 Å². The highest BCUT2D eigenvalue weighted by molar-refractivity contribution is 5.91. The molecule has 0 amide bonds. The molecule has 0 saturated heterocycles. The van der Waals surface area contributed by atoms with Crippen LogP contribution in [0.1, 0.15) is 335 Å². The van der Waals surface area contributed by atoms with E-state index in [1.807, 2.05) is 205 Å². The molecule has 0 aliphatic rings. The fraction of sp³-hybridized carbons (Fsp3) is 0.634. The highest BCUT2D eigenvalue weighted by Gasteiger charge is 2.30. The standard InChI is InChI=1S/C10H16N2.2C10H18O3.C10H16O2.2C10H18O.C10H16O.2C9H16O3.C8H11FN2.C8H13NO.C8H14O2/c1-5-9-11-6-7-12(9)8-10(2,3)4;1-6-13-9(12)7(2)8(11)10(3,4)5;1-5-12-9(11)7-6-8-13-10(2,3)4;1-6-8(10(3,4)5)12-9(11)7-2;2*1-8(2)6-9(11)7-10(3,4)5;1-6-8(2)9(11)7-10(3,4)5;1-7(10)12-6-8(11)5-9(2,3)4;1-5-11-9(10)8(4)6-12-7(2)3;1-8(2,3)6-4-10-7(9)11-5-6;1-6(5-9)7(10)8(2,3)4;1-5-7(9)10-6-8(2,3)4/h5-7H,1,8H2,2-4H3;8,11H,2,6H2,1,3-5H3;6-7H,5,8H2,1-4H3;6-8H,1-2H2,3-5H3;2*6H,7H2,1-5H3;1,9,11H,2,7H2,3-5H3;5-6H2,1-4H3;7H,4-6H2,1-3H3;4-5H,1-3H3;7,10H,1H2,2-4H3;5H,1,6H2,2-4H3/b;;7-6+;;;;;;;;;. The Balaban J connectivity index is -0.000000162. The van der Waals surface area contributed by atoms with Gasteiger partial charge in [-0.3, -0.25) is 19.2 Å². The van der Waals surface area contributed by atoms with Gasteiger partial charge < -0.3 is 57.8 Å². The predicted octanol–water partition coefficient (Wildman–Crippen LogP) is 24.4. The van der Waals surface area contributed by atoms with Crippen molar-refractivity contribution in [3.05, 3.63) is 171 Å². The molecule has 0 fully saturated rings. The van der Waals surface area contributed by atoms with Crippen molar-refractivity contribution in [2.24, 2.45) is 48.7 Å². The molecule has 2 aromatic heterocycles. The number of rotatable bonds is 29. The van der Waals surface area contributed by atoms with Crippen LogP contribution in [-0.4, -0.2) is 170 Å². The predicted molar refractivity (Wildman–Crippen MR) is 563 cm³/mol. The maximum absolute atomic E-state index is 12.3. The summed E-state index contributed by atoms with van der Waals surface area (Å²) in [5.41, 5.74) is 3.97. The first-order valence-corrected chi connectivity index (χ1v) is 46.4. The second kappa shape index (κ2) is 74.1. The van der Waals surface area contributed by atoms with Crippen LogP contribution in [0.25, 0.3) is 6.08 Å². The van der Waals surface area contributed by atoms with Gasteiger partial charge in [0, 0.05) is 86.7 Å². The summed E-state index contributed by atoms with van der Waals surface area (Å²) in [6, 6.07) is 1.83. The third-order valence-corrected chi connectivity index (χ3v) is 15.5. The van der Waals surface area contributed by atoms with Gasteiger partial charge in [0.1, 0.15) is 18.5 Å². The minimum Gasteiger partial charge on any atom is -0.463 e. The zero-order chi connectivity index (χ0) is 112. The molecule has 25 nitrogen and oxygen atoms in total. The molecule has 0 bridgehead atoms. The summed E-state index contributed by atoms with van der Waals surface area (Å²) in [6.07, 6.45) is 23.5. The van der Waals surface area contributed by atoms with E-state index >= 15 is 0 Å². The quantitative estimate of drug-likeness (QED) is 0.0129. The number of aliphatic hydroxyl groups excluding tert-OH is 3. The number of Topliss-reactive ketones (excluding diaryl/α,β-unsaturated/α-hetero) is 1. The average Bonchev–Trinajstić information content (AvgIpc) is 1.41. The van der Waals surface area contributed by atoms with Crippen LogP contribution in [0.2, 0.25) is 0 Å². The van der Waals surface area contributed by atoms with Gasteiger partial charge in [-0.2, -0.15) is 9.65 Å². The van der Waals surface area contributed by atoms with Gasteiger partial charge in [-0.1, -0.05) is 290 Å². The maximum atomic E-state index is 12.3.